The molecule has 4 aromatic rings. The topological polar surface area (TPSA) is 61.5 Å². The third-order valence-corrected chi connectivity index (χ3v) is 6.98. The number of benzene rings is 3. The van der Waals surface area contributed by atoms with Crippen molar-refractivity contribution in [2.75, 3.05) is 7.11 Å². The monoisotopic (exact) mass is 564 g/mol. The number of methoxy groups -OCH3 is 1. The van der Waals surface area contributed by atoms with Gasteiger partial charge < -0.3 is 9.47 Å². The number of rotatable bonds is 11. The molecule has 0 atom stereocenters. The second kappa shape index (κ2) is 12.7. The first-order valence-corrected chi connectivity index (χ1v) is 13.6. The fourth-order valence-electron chi connectivity index (χ4n) is 3.46. The first-order valence-electron chi connectivity index (χ1n) is 11.8. The average Bonchev–Trinajstić information content (AvgIpc) is 3.28. The van der Waals surface area contributed by atoms with Crippen LogP contribution in [-0.4, -0.2) is 28.2 Å². The van der Waals surface area contributed by atoms with Crippen molar-refractivity contribution in [1.29, 1.82) is 0 Å². The van der Waals surface area contributed by atoms with E-state index in [2.05, 4.69) is 76.4 Å². The smallest absolute Gasteiger partial charge is 0.212 e. The summed E-state index contributed by atoms with van der Waals surface area (Å²) >= 11 is 5.10. The minimum Gasteiger partial charge on any atom is -0.493 e. The van der Waals surface area contributed by atoms with Crippen molar-refractivity contribution in [2.45, 2.75) is 44.2 Å². The van der Waals surface area contributed by atoms with Crippen LogP contribution in [0.5, 0.6) is 11.5 Å². The maximum atomic E-state index is 6.01. The van der Waals surface area contributed by atoms with Crippen LogP contribution < -0.4 is 9.47 Å². The molecule has 0 unspecified atom stereocenters. The molecule has 0 saturated heterocycles. The zero-order valence-corrected chi connectivity index (χ0v) is 23.1. The van der Waals surface area contributed by atoms with Crippen molar-refractivity contribution in [2.24, 2.45) is 5.10 Å². The normalized spacial score (nSPS) is 11.2. The van der Waals surface area contributed by atoms with E-state index < -0.39 is 0 Å². The number of ether oxygens (including phenoxy) is 2. The van der Waals surface area contributed by atoms with Gasteiger partial charge >= 0.3 is 0 Å². The molecule has 4 rings (SSSR count). The number of aromatic nitrogens is 3. The van der Waals surface area contributed by atoms with Gasteiger partial charge in [0.25, 0.3) is 0 Å². The lowest BCUT2D eigenvalue weighted by Crippen LogP contribution is -2.01. The summed E-state index contributed by atoms with van der Waals surface area (Å²) in [4.78, 5) is 0. The number of hydrogen-bond acceptors (Lipinski definition) is 6. The predicted octanol–water partition coefficient (Wildman–Crippen LogP) is 7.06. The molecule has 8 heteroatoms. The molecule has 0 spiro atoms. The molecule has 36 heavy (non-hydrogen) atoms. The molecule has 0 fully saturated rings. The van der Waals surface area contributed by atoms with Gasteiger partial charge in [0, 0.05) is 16.6 Å². The van der Waals surface area contributed by atoms with Crippen LogP contribution in [0.1, 0.15) is 41.4 Å². The van der Waals surface area contributed by atoms with Gasteiger partial charge in [-0.25, -0.2) is 0 Å². The number of thioether (sulfide) groups is 1. The van der Waals surface area contributed by atoms with E-state index in [4.69, 9.17) is 14.6 Å². The lowest BCUT2D eigenvalue weighted by molar-refractivity contribution is 0.284. The maximum Gasteiger partial charge on any atom is 0.212 e. The molecule has 0 aliphatic rings. The van der Waals surface area contributed by atoms with Crippen LogP contribution in [0.15, 0.2) is 81.5 Å². The summed E-state index contributed by atoms with van der Waals surface area (Å²) in [6, 6.07) is 22.4. The molecule has 0 saturated carbocycles. The molecule has 0 aliphatic carbocycles. The minimum absolute atomic E-state index is 0.476. The van der Waals surface area contributed by atoms with Crippen molar-refractivity contribution in [1.82, 2.24) is 14.9 Å². The zero-order valence-electron chi connectivity index (χ0n) is 20.6. The van der Waals surface area contributed by atoms with Crippen molar-refractivity contribution >= 4 is 33.9 Å². The van der Waals surface area contributed by atoms with E-state index in [1.54, 1.807) is 25.1 Å². The maximum absolute atomic E-state index is 6.01. The highest BCUT2D eigenvalue weighted by atomic mass is 79.9. The van der Waals surface area contributed by atoms with E-state index >= 15 is 0 Å². The Morgan fingerprint density at radius 2 is 1.72 bits per heavy atom. The number of nitrogens with zero attached hydrogens (tertiary/aromatic N) is 4. The van der Waals surface area contributed by atoms with Gasteiger partial charge in [0.05, 0.1) is 13.3 Å². The third kappa shape index (κ3) is 6.98. The first kappa shape index (κ1) is 26.0. The number of halogens is 1. The van der Waals surface area contributed by atoms with Crippen LogP contribution in [0.2, 0.25) is 0 Å². The Balaban J connectivity index is 1.48. The minimum atomic E-state index is 0.476. The van der Waals surface area contributed by atoms with Crippen LogP contribution in [-0.2, 0) is 18.8 Å². The SMILES string of the molecule is CCCc1nnc(SCc2ccc(Br)cc2)n1/N=C/c1ccc(OCc2ccc(C)cc2)c(OC)c1. The Kier molecular flexibility index (Phi) is 9.19. The molecule has 1 heterocycles. The number of aryl methyl sites for hydroxylation is 2. The van der Waals surface area contributed by atoms with Crippen LogP contribution in [0.25, 0.3) is 0 Å². The van der Waals surface area contributed by atoms with Gasteiger partial charge in [-0.15, -0.1) is 10.2 Å². The van der Waals surface area contributed by atoms with E-state index in [9.17, 15) is 0 Å². The highest BCUT2D eigenvalue weighted by Gasteiger charge is 2.12. The van der Waals surface area contributed by atoms with Crippen LogP contribution in [0, 0.1) is 6.92 Å². The highest BCUT2D eigenvalue weighted by Crippen LogP contribution is 2.29. The molecule has 0 radical (unpaired) electrons. The molecule has 3 aromatic carbocycles. The van der Waals surface area contributed by atoms with Gasteiger partial charge in [0.1, 0.15) is 6.61 Å². The fourth-order valence-corrected chi connectivity index (χ4v) is 4.59. The van der Waals surface area contributed by atoms with Gasteiger partial charge in [0.2, 0.25) is 5.16 Å². The van der Waals surface area contributed by atoms with Crippen LogP contribution >= 0.6 is 27.7 Å². The Morgan fingerprint density at radius 3 is 2.44 bits per heavy atom. The summed E-state index contributed by atoms with van der Waals surface area (Å²) in [5.41, 5.74) is 4.45. The van der Waals surface area contributed by atoms with Gasteiger partial charge in [-0.2, -0.15) is 9.78 Å². The largest absolute Gasteiger partial charge is 0.493 e. The lowest BCUT2D eigenvalue weighted by Gasteiger charge is -2.11. The molecule has 1 aromatic heterocycles. The summed E-state index contributed by atoms with van der Waals surface area (Å²) in [6.45, 7) is 4.67. The van der Waals surface area contributed by atoms with E-state index in [1.165, 1.54) is 11.1 Å². The highest BCUT2D eigenvalue weighted by molar-refractivity contribution is 9.10. The van der Waals surface area contributed by atoms with E-state index in [0.29, 0.717) is 18.1 Å². The summed E-state index contributed by atoms with van der Waals surface area (Å²) in [5.74, 6) is 2.98. The molecule has 0 amide bonds. The summed E-state index contributed by atoms with van der Waals surface area (Å²) in [5, 5.41) is 14.3. The molecule has 0 N–H and O–H groups in total. The van der Waals surface area contributed by atoms with Gasteiger partial charge in [-0.05, 0) is 60.4 Å². The fraction of sp³-hybridized carbons (Fsp3) is 0.250. The van der Waals surface area contributed by atoms with Crippen LogP contribution in [0.4, 0.5) is 0 Å². The van der Waals surface area contributed by atoms with Gasteiger partial charge in [-0.3, -0.25) is 0 Å². The van der Waals surface area contributed by atoms with Crippen LogP contribution in [0.3, 0.4) is 0 Å². The summed E-state index contributed by atoms with van der Waals surface area (Å²) < 4.78 is 14.5. The van der Waals surface area contributed by atoms with Crippen molar-refractivity contribution in [3.8, 4) is 11.5 Å². The van der Waals surface area contributed by atoms with E-state index in [0.717, 1.165) is 45.2 Å². The van der Waals surface area contributed by atoms with E-state index in [-0.39, 0.29) is 0 Å². The second-order valence-corrected chi connectivity index (χ2v) is 10.2. The summed E-state index contributed by atoms with van der Waals surface area (Å²) in [6.07, 6.45) is 3.57. The van der Waals surface area contributed by atoms with E-state index in [1.807, 2.05) is 35.0 Å². The van der Waals surface area contributed by atoms with Gasteiger partial charge in [0.15, 0.2) is 17.3 Å². The Labute approximate surface area is 224 Å². The molecule has 186 valence electrons. The average molecular weight is 566 g/mol. The van der Waals surface area contributed by atoms with Crippen molar-refractivity contribution in [3.05, 3.63) is 99.3 Å². The Morgan fingerprint density at radius 1 is 0.972 bits per heavy atom. The van der Waals surface area contributed by atoms with Crippen molar-refractivity contribution < 1.29 is 9.47 Å². The predicted molar refractivity (Wildman–Crippen MR) is 149 cm³/mol. The third-order valence-electron chi connectivity index (χ3n) is 5.46. The zero-order chi connectivity index (χ0) is 25.3. The first-order chi connectivity index (χ1) is 17.6. The number of hydrogen-bond donors (Lipinski definition) is 0. The standard InChI is InChI=1S/C28H29BrN4O2S/c1-4-5-27-31-32-28(36-19-22-10-13-24(29)14-11-22)33(27)30-17-23-12-15-25(26(16-23)34-3)35-18-21-8-6-20(2)7-9-21/h6-17H,4-5,18-19H2,1-3H3/b30-17+. The summed E-state index contributed by atoms with van der Waals surface area (Å²) in [7, 11) is 1.64. The van der Waals surface area contributed by atoms with Crippen molar-refractivity contribution in [3.63, 3.8) is 0 Å². The molecule has 0 bridgehead atoms. The Bertz CT molecular complexity index is 1300. The second-order valence-electron chi connectivity index (χ2n) is 8.30. The molecule has 6 nitrogen and oxygen atoms in total. The lowest BCUT2D eigenvalue weighted by atomic mass is 10.2. The molecule has 0 aliphatic heterocycles. The quantitative estimate of drug-likeness (QED) is 0.144. The Hall–Kier alpha value is -3.10. The molecular formula is C28H29BrN4O2S. The molecular weight excluding hydrogens is 536 g/mol. The van der Waals surface area contributed by atoms with Gasteiger partial charge in [-0.1, -0.05) is 76.6 Å².